The molecule has 1 fully saturated rings. The number of anilines is 1. The van der Waals surface area contributed by atoms with Gasteiger partial charge in [-0.05, 0) is 36.8 Å². The Balaban J connectivity index is 1.93. The summed E-state index contributed by atoms with van der Waals surface area (Å²) in [6, 6.07) is 10.9. The first-order valence-corrected chi connectivity index (χ1v) is 10.3. The fourth-order valence-corrected chi connectivity index (χ4v) is 4.17. The van der Waals surface area contributed by atoms with Crippen LogP contribution in [-0.4, -0.2) is 47.2 Å². The molecule has 1 atom stereocenters. The van der Waals surface area contributed by atoms with Crippen LogP contribution in [0.4, 0.5) is 5.69 Å². The van der Waals surface area contributed by atoms with Gasteiger partial charge in [0.25, 0.3) is 10.0 Å². The Kier molecular flexibility index (Phi) is 5.78. The van der Waals surface area contributed by atoms with Crippen molar-refractivity contribution in [2.75, 3.05) is 25.1 Å². The zero-order valence-corrected chi connectivity index (χ0v) is 17.1. The van der Waals surface area contributed by atoms with Gasteiger partial charge < -0.3 is 14.2 Å². The number of aryl methyl sites for hydroxylation is 1. The van der Waals surface area contributed by atoms with Crippen LogP contribution >= 0.6 is 0 Å². The summed E-state index contributed by atoms with van der Waals surface area (Å²) in [5.74, 6) is -0.982. The highest BCUT2D eigenvalue weighted by atomic mass is 32.2. The molecule has 8 nitrogen and oxygen atoms in total. The van der Waals surface area contributed by atoms with Crippen molar-refractivity contribution >= 4 is 27.6 Å². The summed E-state index contributed by atoms with van der Waals surface area (Å²) in [6.45, 7) is 1.85. The van der Waals surface area contributed by atoms with Crippen LogP contribution in [0.1, 0.15) is 22.3 Å². The average molecular weight is 419 g/mol. The molecule has 154 valence electrons. The second-order valence-corrected chi connectivity index (χ2v) is 8.44. The van der Waals surface area contributed by atoms with Gasteiger partial charge in [0.2, 0.25) is 6.10 Å². The summed E-state index contributed by atoms with van der Waals surface area (Å²) >= 11 is 0. The van der Waals surface area contributed by atoms with Crippen LogP contribution in [0.5, 0.6) is 5.75 Å². The Bertz CT molecular complexity index is 1050. The van der Waals surface area contributed by atoms with Crippen LogP contribution in [0.3, 0.4) is 0 Å². The smallest absolute Gasteiger partial charge is 0.347 e. The van der Waals surface area contributed by atoms with Gasteiger partial charge in [0.1, 0.15) is 5.75 Å². The second-order valence-electron chi connectivity index (χ2n) is 6.47. The third-order valence-electron chi connectivity index (χ3n) is 4.65. The highest BCUT2D eigenvalue weighted by Crippen LogP contribution is 2.31. The number of methoxy groups -OCH3 is 1. The number of nitrogens with zero attached hydrogens (tertiary/aromatic N) is 1. The Morgan fingerprint density at radius 3 is 2.59 bits per heavy atom. The van der Waals surface area contributed by atoms with Crippen molar-refractivity contribution in [2.24, 2.45) is 0 Å². The molecule has 0 radical (unpaired) electrons. The molecule has 1 heterocycles. The number of carbonyl (C=O) groups is 2. The molecule has 29 heavy (non-hydrogen) atoms. The van der Waals surface area contributed by atoms with E-state index >= 15 is 0 Å². The zero-order valence-electron chi connectivity index (χ0n) is 16.2. The number of esters is 2. The minimum Gasteiger partial charge on any atom is -0.495 e. The van der Waals surface area contributed by atoms with Crippen molar-refractivity contribution in [3.63, 3.8) is 0 Å². The summed E-state index contributed by atoms with van der Waals surface area (Å²) in [6.07, 6.45) is -0.698. The number of para-hydroxylation sites is 2. The number of ether oxygens (including phenoxy) is 3. The maximum Gasteiger partial charge on any atom is 0.347 e. The van der Waals surface area contributed by atoms with Gasteiger partial charge in [0.05, 0.1) is 29.9 Å². The number of benzene rings is 2. The molecule has 3 rings (SSSR count). The Hall–Kier alpha value is -3.07. The standard InChI is InChI=1S/C20H21NO7S/c1-13-8-9-14(12-15(13)19(22)28-18-10-11-27-20(18)23)29(24,25)21(2)16-6-4-5-7-17(16)26-3/h4-9,12,18H,10-11H2,1-3H3/t18-/m0/s1. The molecule has 0 saturated carbocycles. The first-order chi connectivity index (χ1) is 13.8. The fraction of sp³-hybridized carbons (Fsp3) is 0.300. The number of carbonyl (C=O) groups excluding carboxylic acids is 2. The lowest BCUT2D eigenvalue weighted by molar-refractivity contribution is -0.145. The van der Waals surface area contributed by atoms with E-state index in [1.807, 2.05) is 0 Å². The maximum absolute atomic E-state index is 13.1. The molecule has 0 aromatic heterocycles. The van der Waals surface area contributed by atoms with Crippen molar-refractivity contribution in [1.29, 1.82) is 0 Å². The van der Waals surface area contributed by atoms with Gasteiger partial charge in [0, 0.05) is 13.5 Å². The molecule has 0 unspecified atom stereocenters. The Labute approximate surface area is 169 Å². The molecule has 9 heteroatoms. The molecular weight excluding hydrogens is 398 g/mol. The number of cyclic esters (lactones) is 1. The van der Waals surface area contributed by atoms with Gasteiger partial charge in [0.15, 0.2) is 0 Å². The Morgan fingerprint density at radius 1 is 1.21 bits per heavy atom. The lowest BCUT2D eigenvalue weighted by Crippen LogP contribution is -2.27. The highest BCUT2D eigenvalue weighted by Gasteiger charge is 2.32. The first kappa shape index (κ1) is 20.7. The summed E-state index contributed by atoms with van der Waals surface area (Å²) < 4.78 is 42.6. The van der Waals surface area contributed by atoms with Gasteiger partial charge in [-0.3, -0.25) is 4.31 Å². The van der Waals surface area contributed by atoms with Crippen LogP contribution in [0, 0.1) is 6.92 Å². The van der Waals surface area contributed by atoms with Gasteiger partial charge in [-0.25, -0.2) is 18.0 Å². The molecule has 1 aliphatic rings. The topological polar surface area (TPSA) is 99.2 Å². The third-order valence-corrected chi connectivity index (χ3v) is 6.42. The van der Waals surface area contributed by atoms with E-state index in [2.05, 4.69) is 0 Å². The van der Waals surface area contributed by atoms with E-state index < -0.39 is 28.1 Å². The van der Waals surface area contributed by atoms with E-state index in [1.165, 1.54) is 32.4 Å². The third kappa shape index (κ3) is 4.04. The van der Waals surface area contributed by atoms with Crippen LogP contribution < -0.4 is 9.04 Å². The molecule has 1 aliphatic heterocycles. The number of rotatable bonds is 6. The molecule has 1 saturated heterocycles. The quantitative estimate of drug-likeness (QED) is 0.663. The monoisotopic (exact) mass is 419 g/mol. The van der Waals surface area contributed by atoms with E-state index in [1.54, 1.807) is 31.2 Å². The predicted octanol–water partition coefficient (Wildman–Crippen LogP) is 2.30. The van der Waals surface area contributed by atoms with Crippen molar-refractivity contribution in [3.05, 3.63) is 53.6 Å². The second kappa shape index (κ2) is 8.12. The summed E-state index contributed by atoms with van der Waals surface area (Å²) in [5, 5.41) is 0. The van der Waals surface area contributed by atoms with E-state index in [0.717, 1.165) is 4.31 Å². The molecule has 0 aliphatic carbocycles. The lowest BCUT2D eigenvalue weighted by Gasteiger charge is -2.22. The molecule has 0 spiro atoms. The zero-order chi connectivity index (χ0) is 21.2. The van der Waals surface area contributed by atoms with Crippen molar-refractivity contribution in [3.8, 4) is 5.75 Å². The SMILES string of the molecule is COc1ccccc1N(C)S(=O)(=O)c1ccc(C)c(C(=O)O[C@H]2CCOC2=O)c1. The van der Waals surface area contributed by atoms with Crippen LogP contribution in [0.2, 0.25) is 0 Å². The lowest BCUT2D eigenvalue weighted by atomic mass is 10.1. The van der Waals surface area contributed by atoms with Crippen LogP contribution in [0.15, 0.2) is 47.4 Å². The van der Waals surface area contributed by atoms with Crippen molar-refractivity contribution in [2.45, 2.75) is 24.3 Å². The van der Waals surface area contributed by atoms with Crippen molar-refractivity contribution in [1.82, 2.24) is 0 Å². The van der Waals surface area contributed by atoms with Crippen molar-refractivity contribution < 1.29 is 32.2 Å². The van der Waals surface area contributed by atoms with Crippen LogP contribution in [0.25, 0.3) is 0 Å². The summed E-state index contributed by atoms with van der Waals surface area (Å²) in [7, 11) is -1.13. The molecule has 0 bridgehead atoms. The van der Waals surface area contributed by atoms with E-state index in [4.69, 9.17) is 14.2 Å². The summed E-state index contributed by atoms with van der Waals surface area (Å²) in [4.78, 5) is 24.0. The highest BCUT2D eigenvalue weighted by molar-refractivity contribution is 7.92. The normalized spacial score (nSPS) is 16.2. The van der Waals surface area contributed by atoms with E-state index in [0.29, 0.717) is 17.0 Å². The minimum atomic E-state index is -3.98. The number of sulfonamides is 1. The molecular formula is C20H21NO7S. The largest absolute Gasteiger partial charge is 0.495 e. The Morgan fingerprint density at radius 2 is 1.93 bits per heavy atom. The van der Waals surface area contributed by atoms with Crippen LogP contribution in [-0.2, 0) is 24.3 Å². The number of hydrogen-bond acceptors (Lipinski definition) is 7. The minimum absolute atomic E-state index is 0.0687. The maximum atomic E-state index is 13.1. The first-order valence-electron chi connectivity index (χ1n) is 8.86. The van der Waals surface area contributed by atoms with Gasteiger partial charge in [-0.1, -0.05) is 18.2 Å². The molecule has 0 amide bonds. The fourth-order valence-electron chi connectivity index (χ4n) is 2.94. The van der Waals surface area contributed by atoms with Gasteiger partial charge >= 0.3 is 11.9 Å². The number of hydrogen-bond donors (Lipinski definition) is 0. The van der Waals surface area contributed by atoms with E-state index in [9.17, 15) is 18.0 Å². The molecule has 2 aromatic rings. The summed E-state index contributed by atoms with van der Waals surface area (Å²) in [5.41, 5.74) is 0.952. The van der Waals surface area contributed by atoms with E-state index in [-0.39, 0.29) is 23.5 Å². The van der Waals surface area contributed by atoms with Gasteiger partial charge in [-0.15, -0.1) is 0 Å². The average Bonchev–Trinajstić information content (AvgIpc) is 3.11. The predicted molar refractivity (Wildman–Crippen MR) is 105 cm³/mol. The molecule has 0 N–H and O–H groups in total. The molecule has 2 aromatic carbocycles. The van der Waals surface area contributed by atoms with Gasteiger partial charge in [-0.2, -0.15) is 0 Å².